The van der Waals surface area contributed by atoms with Crippen molar-refractivity contribution in [2.75, 3.05) is 0 Å². The zero-order chi connectivity index (χ0) is 13.7. The number of carboxylic acid groups (broad SMARTS) is 1. The fourth-order valence-corrected chi connectivity index (χ4v) is 4.14. The van der Waals surface area contributed by atoms with E-state index in [0.29, 0.717) is 0 Å². The van der Waals surface area contributed by atoms with E-state index in [1.54, 1.807) is 0 Å². The predicted molar refractivity (Wildman–Crippen MR) is 78.0 cm³/mol. The normalized spacial score (nSPS) is 35.8. The van der Waals surface area contributed by atoms with E-state index in [-0.39, 0.29) is 5.92 Å². The van der Waals surface area contributed by atoms with Crippen molar-refractivity contribution in [1.29, 1.82) is 0 Å². The molecule has 0 atom stereocenters. The van der Waals surface area contributed by atoms with Gasteiger partial charge in [-0.3, -0.25) is 4.79 Å². The maximum absolute atomic E-state index is 11.0. The predicted octanol–water partition coefficient (Wildman–Crippen LogP) is 4.65. The number of carboxylic acids is 1. The third-order valence-electron chi connectivity index (χ3n) is 5.46. The Bertz CT molecular complexity index is 294. The standard InChI is InChI=1S/C17H28O2/c1-2-3-4-13-5-7-14(8-6-13)15-9-11-16(12-10-15)17(18)19/h2,13-16H,1,3-12H2,(H,18,19)/t13-,14-,15-,16-. The third-order valence-corrected chi connectivity index (χ3v) is 5.46. The van der Waals surface area contributed by atoms with Gasteiger partial charge in [0, 0.05) is 0 Å². The van der Waals surface area contributed by atoms with Gasteiger partial charge in [0.05, 0.1) is 5.92 Å². The summed E-state index contributed by atoms with van der Waals surface area (Å²) >= 11 is 0. The van der Waals surface area contributed by atoms with Crippen molar-refractivity contribution in [3.63, 3.8) is 0 Å². The summed E-state index contributed by atoms with van der Waals surface area (Å²) in [7, 11) is 0. The first-order chi connectivity index (χ1) is 9.20. The Kier molecular flexibility index (Phi) is 5.47. The van der Waals surface area contributed by atoms with Crippen molar-refractivity contribution >= 4 is 5.97 Å². The summed E-state index contributed by atoms with van der Waals surface area (Å²) in [6, 6.07) is 0. The molecule has 0 heterocycles. The lowest BCUT2D eigenvalue weighted by molar-refractivity contribution is -0.143. The first kappa shape index (κ1) is 14.6. The average Bonchev–Trinajstić information content (AvgIpc) is 2.46. The van der Waals surface area contributed by atoms with Crippen LogP contribution in [0.2, 0.25) is 0 Å². The summed E-state index contributed by atoms with van der Waals surface area (Å²) in [5, 5.41) is 9.04. The van der Waals surface area contributed by atoms with Crippen LogP contribution in [0.4, 0.5) is 0 Å². The quantitative estimate of drug-likeness (QED) is 0.734. The van der Waals surface area contributed by atoms with Crippen LogP contribution in [0.3, 0.4) is 0 Å². The zero-order valence-corrected chi connectivity index (χ0v) is 12.0. The van der Waals surface area contributed by atoms with Gasteiger partial charge in [-0.15, -0.1) is 6.58 Å². The molecule has 0 aliphatic heterocycles. The van der Waals surface area contributed by atoms with Crippen molar-refractivity contribution in [2.45, 2.75) is 64.2 Å². The van der Waals surface area contributed by atoms with Crippen molar-refractivity contribution in [2.24, 2.45) is 23.7 Å². The minimum Gasteiger partial charge on any atom is -0.481 e. The van der Waals surface area contributed by atoms with Gasteiger partial charge in [-0.05, 0) is 69.1 Å². The first-order valence-corrected chi connectivity index (χ1v) is 8.04. The average molecular weight is 264 g/mol. The minimum absolute atomic E-state index is 0.0554. The number of aliphatic carboxylic acids is 1. The Morgan fingerprint density at radius 1 is 1.00 bits per heavy atom. The van der Waals surface area contributed by atoms with Gasteiger partial charge in [0.2, 0.25) is 0 Å². The molecule has 2 nitrogen and oxygen atoms in total. The number of hydrogen-bond donors (Lipinski definition) is 1. The van der Waals surface area contributed by atoms with Crippen LogP contribution in [0.1, 0.15) is 64.2 Å². The van der Waals surface area contributed by atoms with Gasteiger partial charge in [0.25, 0.3) is 0 Å². The molecule has 108 valence electrons. The van der Waals surface area contributed by atoms with Gasteiger partial charge >= 0.3 is 5.97 Å². The number of carbonyl (C=O) groups is 1. The summed E-state index contributed by atoms with van der Waals surface area (Å²) in [4.78, 5) is 11.0. The van der Waals surface area contributed by atoms with Crippen molar-refractivity contribution < 1.29 is 9.90 Å². The topological polar surface area (TPSA) is 37.3 Å². The monoisotopic (exact) mass is 264 g/mol. The maximum atomic E-state index is 11.0. The molecule has 2 rings (SSSR count). The van der Waals surface area contributed by atoms with Crippen LogP contribution in [0.5, 0.6) is 0 Å². The molecular weight excluding hydrogens is 236 g/mol. The molecule has 2 aliphatic rings. The number of allylic oxidation sites excluding steroid dienone is 1. The smallest absolute Gasteiger partial charge is 0.306 e. The summed E-state index contributed by atoms with van der Waals surface area (Å²) in [6.45, 7) is 3.81. The van der Waals surface area contributed by atoms with Crippen LogP contribution in [-0.4, -0.2) is 11.1 Å². The highest BCUT2D eigenvalue weighted by molar-refractivity contribution is 5.69. The van der Waals surface area contributed by atoms with E-state index in [4.69, 9.17) is 5.11 Å². The molecule has 2 saturated carbocycles. The van der Waals surface area contributed by atoms with Crippen molar-refractivity contribution in [3.05, 3.63) is 12.7 Å². The van der Waals surface area contributed by atoms with E-state index >= 15 is 0 Å². The molecule has 0 radical (unpaired) electrons. The molecule has 1 N–H and O–H groups in total. The van der Waals surface area contributed by atoms with E-state index < -0.39 is 5.97 Å². The summed E-state index contributed by atoms with van der Waals surface area (Å²) in [5.74, 6) is 1.99. The Hall–Kier alpha value is -0.790. The Balaban J connectivity index is 1.70. The van der Waals surface area contributed by atoms with E-state index in [1.165, 1.54) is 38.5 Å². The van der Waals surface area contributed by atoms with Gasteiger partial charge in [0.1, 0.15) is 0 Å². The van der Waals surface area contributed by atoms with Crippen LogP contribution >= 0.6 is 0 Å². The van der Waals surface area contributed by atoms with Gasteiger partial charge in [0.15, 0.2) is 0 Å². The Morgan fingerprint density at radius 2 is 1.53 bits per heavy atom. The molecule has 0 unspecified atom stereocenters. The highest BCUT2D eigenvalue weighted by atomic mass is 16.4. The lowest BCUT2D eigenvalue weighted by Gasteiger charge is -2.37. The van der Waals surface area contributed by atoms with E-state index in [1.807, 2.05) is 6.08 Å². The van der Waals surface area contributed by atoms with E-state index in [9.17, 15) is 4.79 Å². The van der Waals surface area contributed by atoms with Crippen molar-refractivity contribution in [3.8, 4) is 0 Å². The lowest BCUT2D eigenvalue weighted by Crippen LogP contribution is -2.28. The third kappa shape index (κ3) is 4.09. The highest BCUT2D eigenvalue weighted by Crippen LogP contribution is 2.42. The summed E-state index contributed by atoms with van der Waals surface area (Å²) in [5.41, 5.74) is 0. The van der Waals surface area contributed by atoms with Gasteiger partial charge in [-0.2, -0.15) is 0 Å². The fourth-order valence-electron chi connectivity index (χ4n) is 4.14. The molecule has 0 aromatic carbocycles. The molecule has 2 heteroatoms. The Labute approximate surface area is 117 Å². The summed E-state index contributed by atoms with van der Waals surface area (Å²) in [6.07, 6.45) is 14.2. The summed E-state index contributed by atoms with van der Waals surface area (Å²) < 4.78 is 0. The molecule has 19 heavy (non-hydrogen) atoms. The van der Waals surface area contributed by atoms with Gasteiger partial charge < -0.3 is 5.11 Å². The minimum atomic E-state index is -0.577. The second kappa shape index (κ2) is 7.12. The second-order valence-electron chi connectivity index (χ2n) is 6.60. The molecule has 0 aromatic rings. The second-order valence-corrected chi connectivity index (χ2v) is 6.60. The van der Waals surface area contributed by atoms with Crippen LogP contribution in [0, 0.1) is 23.7 Å². The molecule has 0 aromatic heterocycles. The van der Waals surface area contributed by atoms with Crippen molar-refractivity contribution in [1.82, 2.24) is 0 Å². The zero-order valence-electron chi connectivity index (χ0n) is 12.0. The molecular formula is C17H28O2. The highest BCUT2D eigenvalue weighted by Gasteiger charge is 2.32. The van der Waals surface area contributed by atoms with E-state index in [2.05, 4.69) is 6.58 Å². The number of hydrogen-bond acceptors (Lipinski definition) is 1. The first-order valence-electron chi connectivity index (χ1n) is 8.04. The molecule has 2 aliphatic carbocycles. The molecule has 0 bridgehead atoms. The molecule has 0 spiro atoms. The van der Waals surface area contributed by atoms with Crippen LogP contribution in [0.25, 0.3) is 0 Å². The SMILES string of the molecule is C=CCC[C@H]1CC[C@H]([C@H]2CC[C@H](C(=O)O)CC2)CC1. The maximum Gasteiger partial charge on any atom is 0.306 e. The van der Waals surface area contributed by atoms with Crippen LogP contribution in [-0.2, 0) is 4.79 Å². The lowest BCUT2D eigenvalue weighted by atomic mass is 9.69. The molecule has 0 saturated heterocycles. The van der Waals surface area contributed by atoms with E-state index in [0.717, 1.165) is 43.4 Å². The molecule has 0 amide bonds. The van der Waals surface area contributed by atoms with Crippen LogP contribution in [0.15, 0.2) is 12.7 Å². The molecule has 2 fully saturated rings. The van der Waals surface area contributed by atoms with Crippen LogP contribution < -0.4 is 0 Å². The largest absolute Gasteiger partial charge is 0.481 e. The Morgan fingerprint density at radius 3 is 2.00 bits per heavy atom. The van der Waals surface area contributed by atoms with Gasteiger partial charge in [-0.25, -0.2) is 0 Å². The van der Waals surface area contributed by atoms with Gasteiger partial charge in [-0.1, -0.05) is 18.9 Å². The number of rotatable bonds is 5. The fraction of sp³-hybridized carbons (Fsp3) is 0.824.